The topological polar surface area (TPSA) is 123 Å². The molecule has 1 fully saturated rings. The summed E-state index contributed by atoms with van der Waals surface area (Å²) in [6.45, 7) is 8.13. The van der Waals surface area contributed by atoms with Gasteiger partial charge in [0.2, 0.25) is 11.8 Å². The van der Waals surface area contributed by atoms with Gasteiger partial charge in [0.15, 0.2) is 0 Å². The van der Waals surface area contributed by atoms with Gasteiger partial charge >= 0.3 is 12.1 Å². The number of hydrogen-bond donors (Lipinski definition) is 3. The highest BCUT2D eigenvalue weighted by Crippen LogP contribution is 2.21. The quantitative estimate of drug-likeness (QED) is 0.180. The van der Waals surface area contributed by atoms with E-state index in [0.29, 0.717) is 31.4 Å². The number of unbranched alkanes of at least 4 members (excludes halogenated alkanes) is 2. The van der Waals surface area contributed by atoms with Crippen LogP contribution in [0.2, 0.25) is 0 Å². The lowest BCUT2D eigenvalue weighted by Crippen LogP contribution is -2.54. The number of rotatable bonds is 15. The van der Waals surface area contributed by atoms with Crippen molar-refractivity contribution < 1.29 is 28.7 Å². The average Bonchev–Trinajstić information content (AvgIpc) is 3.27. The second-order valence-corrected chi connectivity index (χ2v) is 10.7. The van der Waals surface area contributed by atoms with Crippen LogP contribution in [0.25, 0.3) is 0 Å². The Bertz CT molecular complexity index is 960. The molecule has 210 valence electrons. The highest BCUT2D eigenvalue weighted by molar-refractivity contribution is 6.39. The second kappa shape index (κ2) is 15.6. The van der Waals surface area contributed by atoms with E-state index in [2.05, 4.69) is 16.0 Å². The van der Waals surface area contributed by atoms with Crippen molar-refractivity contribution in [3.05, 3.63) is 35.9 Å². The summed E-state index contributed by atoms with van der Waals surface area (Å²) in [5.74, 6) is -1.21. The molecule has 1 unspecified atom stereocenters. The molecule has 0 spiro atoms. The Balaban J connectivity index is 2.12. The number of alkyl carbamates (subject to hydrolysis) is 1. The first-order valence-electron chi connectivity index (χ1n) is 13.8. The first-order valence-corrected chi connectivity index (χ1v) is 13.8. The molecule has 1 aliphatic rings. The molecule has 0 saturated carbocycles. The van der Waals surface area contributed by atoms with Gasteiger partial charge in [-0.1, -0.05) is 63.9 Å². The Morgan fingerprint density at radius 1 is 1.10 bits per heavy atom. The predicted octanol–water partition coefficient (Wildman–Crippen LogP) is 2.80. The molecule has 0 aliphatic carbocycles. The highest BCUT2D eigenvalue weighted by Gasteiger charge is 2.34. The smallest absolute Gasteiger partial charge is 0.407 e. The number of ether oxygens (including phenoxy) is 2. The normalized spacial score (nSPS) is 17.6. The number of carbonyl (C=O) groups is 4. The molecule has 1 aliphatic heterocycles. The number of carbonyl (C=O) groups excluding carboxylic acids is 4. The molecule has 4 radical (unpaired) electrons. The molecule has 1 heterocycles. The van der Waals surface area contributed by atoms with Gasteiger partial charge < -0.3 is 25.4 Å². The van der Waals surface area contributed by atoms with Gasteiger partial charge in [0.25, 0.3) is 0 Å². The molecule has 4 atom stereocenters. The molecule has 1 saturated heterocycles. The molecule has 9 nitrogen and oxygen atoms in total. The lowest BCUT2D eigenvalue weighted by atomic mass is 9.61. The third-order valence-electron chi connectivity index (χ3n) is 6.70. The summed E-state index contributed by atoms with van der Waals surface area (Å²) in [6.07, 6.45) is 2.49. The second-order valence-electron chi connectivity index (χ2n) is 10.7. The maximum absolute atomic E-state index is 13.4. The van der Waals surface area contributed by atoms with Crippen molar-refractivity contribution in [3.63, 3.8) is 0 Å². The van der Waals surface area contributed by atoms with Crippen LogP contribution in [0.1, 0.15) is 78.2 Å². The summed E-state index contributed by atoms with van der Waals surface area (Å²) in [7, 11) is 12.0. The van der Waals surface area contributed by atoms with E-state index in [1.54, 1.807) is 37.3 Å². The first-order chi connectivity index (χ1) is 18.4. The van der Waals surface area contributed by atoms with Gasteiger partial charge in [-0.2, -0.15) is 0 Å². The standard InChI is InChI=1S/C28H41B2N3O6/c1-5-6-8-13-24(34)38-19(4)22(17-20-14-15-31-25(20)35)32-26(36)23(16-18(2)3)33-27(37)39-28(29,30)21-11-9-7-10-12-21/h7,9-12,18-20,22-23H,5-6,8,13-17H2,1-4H3,(H,31,35)(H,32,36)(H,33,37)/t19?,20-,22-,23-/m0/s1. The Morgan fingerprint density at radius 2 is 1.79 bits per heavy atom. The fraction of sp³-hybridized carbons (Fsp3) is 0.643. The van der Waals surface area contributed by atoms with E-state index in [0.717, 1.165) is 19.3 Å². The molecule has 3 N–H and O–H groups in total. The minimum atomic E-state index is -1.90. The van der Waals surface area contributed by atoms with Crippen molar-refractivity contribution in [1.82, 2.24) is 16.0 Å². The van der Waals surface area contributed by atoms with Gasteiger partial charge in [-0.3, -0.25) is 14.4 Å². The zero-order chi connectivity index (χ0) is 29.0. The zero-order valence-corrected chi connectivity index (χ0v) is 23.5. The molecule has 0 bridgehead atoms. The number of hydrogen-bond acceptors (Lipinski definition) is 6. The summed E-state index contributed by atoms with van der Waals surface area (Å²) in [5, 5.41) is 6.38. The Kier molecular flexibility index (Phi) is 12.9. The van der Waals surface area contributed by atoms with Crippen molar-refractivity contribution in [2.75, 3.05) is 6.54 Å². The summed E-state index contributed by atoms with van der Waals surface area (Å²) in [4.78, 5) is 50.8. The maximum Gasteiger partial charge on any atom is 0.407 e. The Labute approximate surface area is 234 Å². The van der Waals surface area contributed by atoms with Crippen LogP contribution in [-0.4, -0.2) is 64.3 Å². The van der Waals surface area contributed by atoms with E-state index in [-0.39, 0.29) is 30.1 Å². The molecular weight excluding hydrogens is 496 g/mol. The zero-order valence-electron chi connectivity index (χ0n) is 23.5. The summed E-state index contributed by atoms with van der Waals surface area (Å²) < 4.78 is 10.9. The molecule has 0 aromatic heterocycles. The number of esters is 1. The lowest BCUT2D eigenvalue weighted by molar-refractivity contribution is -0.151. The van der Waals surface area contributed by atoms with Crippen molar-refractivity contribution in [1.29, 1.82) is 0 Å². The van der Waals surface area contributed by atoms with Crippen molar-refractivity contribution in [3.8, 4) is 0 Å². The third-order valence-corrected chi connectivity index (χ3v) is 6.70. The molecule has 1 aromatic carbocycles. The first kappa shape index (κ1) is 32.2. The van der Waals surface area contributed by atoms with Gasteiger partial charge in [0.1, 0.15) is 27.8 Å². The van der Waals surface area contributed by atoms with Gasteiger partial charge in [0, 0.05) is 18.9 Å². The van der Waals surface area contributed by atoms with Gasteiger partial charge in [0.05, 0.1) is 11.4 Å². The van der Waals surface area contributed by atoms with E-state index in [9.17, 15) is 19.2 Å². The minimum absolute atomic E-state index is 0.0450. The van der Waals surface area contributed by atoms with Crippen LogP contribution in [0, 0.1) is 11.8 Å². The van der Waals surface area contributed by atoms with Gasteiger partial charge in [-0.15, -0.1) is 0 Å². The van der Waals surface area contributed by atoms with E-state index < -0.39 is 35.6 Å². The lowest BCUT2D eigenvalue weighted by Gasteiger charge is -2.31. The van der Waals surface area contributed by atoms with Crippen molar-refractivity contribution in [2.45, 2.75) is 96.2 Å². The highest BCUT2D eigenvalue weighted by atomic mass is 16.6. The number of nitrogens with one attached hydrogen (secondary N) is 3. The van der Waals surface area contributed by atoms with Crippen LogP contribution in [0.4, 0.5) is 4.79 Å². The summed E-state index contributed by atoms with van der Waals surface area (Å²) in [5.41, 5.74) is 0.384. The third kappa shape index (κ3) is 11.0. The fourth-order valence-corrected chi connectivity index (χ4v) is 4.48. The molecular formula is C28H41B2N3O6. The maximum atomic E-state index is 13.4. The molecule has 1 aromatic rings. The van der Waals surface area contributed by atoms with Gasteiger partial charge in [-0.05, 0) is 44.1 Å². The largest absolute Gasteiger partial charge is 0.460 e. The van der Waals surface area contributed by atoms with Crippen LogP contribution >= 0.6 is 0 Å². The van der Waals surface area contributed by atoms with E-state index in [4.69, 9.17) is 25.2 Å². The van der Waals surface area contributed by atoms with Crippen LogP contribution in [-0.2, 0) is 29.3 Å². The molecule has 11 heteroatoms. The SMILES string of the molecule is [B]C([B])(OC(=O)N[C@@H](CC(C)C)C(=O)N[C@@H](C[C@@H]1CCNC1=O)C(C)OC(=O)CCCCC)c1ccccc1. The van der Waals surface area contributed by atoms with Crippen LogP contribution in [0.5, 0.6) is 0 Å². The van der Waals surface area contributed by atoms with Crippen LogP contribution < -0.4 is 16.0 Å². The van der Waals surface area contributed by atoms with Crippen molar-refractivity contribution >= 4 is 39.6 Å². The van der Waals surface area contributed by atoms with E-state index in [1.165, 1.54) is 0 Å². The average molecular weight is 537 g/mol. The van der Waals surface area contributed by atoms with Gasteiger partial charge in [-0.25, -0.2) is 4.79 Å². The monoisotopic (exact) mass is 537 g/mol. The number of amides is 3. The summed E-state index contributed by atoms with van der Waals surface area (Å²) >= 11 is 0. The Hall–Kier alpha value is -2.97. The molecule has 39 heavy (non-hydrogen) atoms. The number of benzene rings is 1. The predicted molar refractivity (Wildman–Crippen MR) is 150 cm³/mol. The molecule has 3 amide bonds. The fourth-order valence-electron chi connectivity index (χ4n) is 4.48. The van der Waals surface area contributed by atoms with E-state index in [1.807, 2.05) is 20.8 Å². The molecule has 2 rings (SSSR count). The van der Waals surface area contributed by atoms with Crippen LogP contribution in [0.3, 0.4) is 0 Å². The minimum Gasteiger partial charge on any atom is -0.460 e. The van der Waals surface area contributed by atoms with Crippen molar-refractivity contribution in [2.24, 2.45) is 11.8 Å². The van der Waals surface area contributed by atoms with E-state index >= 15 is 0 Å². The Morgan fingerprint density at radius 3 is 2.38 bits per heavy atom. The summed E-state index contributed by atoms with van der Waals surface area (Å²) in [6, 6.07) is 6.83. The van der Waals surface area contributed by atoms with Crippen LogP contribution in [0.15, 0.2) is 30.3 Å².